The van der Waals surface area contributed by atoms with E-state index in [2.05, 4.69) is 40.7 Å². The smallest absolute Gasteiger partial charge is 0.410 e. The van der Waals surface area contributed by atoms with Gasteiger partial charge in [0.2, 0.25) is 0 Å². The van der Waals surface area contributed by atoms with E-state index in [1.54, 1.807) is 11.0 Å². The summed E-state index contributed by atoms with van der Waals surface area (Å²) >= 11 is 6.42. The van der Waals surface area contributed by atoms with E-state index in [0.717, 1.165) is 42.4 Å². The molecule has 0 saturated heterocycles. The second-order valence-corrected chi connectivity index (χ2v) is 18.2. The Kier molecular flexibility index (Phi) is 13.5. The average molecular weight is 786 g/mol. The normalized spacial score (nSPS) is 28.3. The fourth-order valence-electron chi connectivity index (χ4n) is 9.96. The Bertz CT molecular complexity index is 1860. The second-order valence-electron chi connectivity index (χ2n) is 17.8. The molecule has 7 unspecified atom stereocenters. The number of allylic oxidation sites excluding steroid dienone is 2. The standard InChI is InChI=1S/C48H61ClFNO5/c1-31(2)37-20-17-33(4)25-45(37)56-46(54)51(29-34-12-7-6-8-13-34)30-48(55)24-22-41-38-21-18-35(26-36(52)19-16-32(3)11-10-23-47(41,48)5)27-39(38)44(53)28-40-42(49)14-9-15-43(40)50/h6-9,11-15,18,21,27,31,33,36-37,41,45,52,55H,10,16-17,19-20,22-26,28-30H2,1-5H3. The van der Waals surface area contributed by atoms with Gasteiger partial charge < -0.3 is 19.8 Å². The van der Waals surface area contributed by atoms with Crippen molar-refractivity contribution in [1.29, 1.82) is 0 Å². The predicted molar refractivity (Wildman–Crippen MR) is 221 cm³/mol. The number of aliphatic hydroxyl groups is 2. The molecule has 3 aromatic rings. The number of ketones is 1. The maximum atomic E-state index is 15.0. The zero-order valence-electron chi connectivity index (χ0n) is 33.9. The van der Waals surface area contributed by atoms with E-state index in [4.69, 9.17) is 16.3 Å². The molecule has 0 aromatic heterocycles. The van der Waals surface area contributed by atoms with Crippen LogP contribution in [-0.4, -0.2) is 51.3 Å². The van der Waals surface area contributed by atoms with Gasteiger partial charge in [-0.15, -0.1) is 0 Å². The molecule has 302 valence electrons. The monoisotopic (exact) mass is 785 g/mol. The summed E-state index contributed by atoms with van der Waals surface area (Å²) in [6.07, 6.45) is 7.76. The van der Waals surface area contributed by atoms with Crippen molar-refractivity contribution in [2.45, 2.75) is 136 Å². The van der Waals surface area contributed by atoms with Crippen LogP contribution in [0.4, 0.5) is 9.18 Å². The summed E-state index contributed by atoms with van der Waals surface area (Å²) in [6, 6.07) is 20.1. The first kappa shape index (κ1) is 42.1. The van der Waals surface area contributed by atoms with Crippen LogP contribution in [0.1, 0.15) is 131 Å². The van der Waals surface area contributed by atoms with Crippen LogP contribution in [-0.2, 0) is 24.1 Å². The highest BCUT2D eigenvalue weighted by Gasteiger charge is 2.58. The van der Waals surface area contributed by atoms with Crippen LogP contribution >= 0.6 is 11.6 Å². The van der Waals surface area contributed by atoms with E-state index >= 15 is 4.39 Å². The summed E-state index contributed by atoms with van der Waals surface area (Å²) in [5.74, 6) is 0.0715. The summed E-state index contributed by atoms with van der Waals surface area (Å²) in [5, 5.41) is 24.4. The molecule has 0 radical (unpaired) electrons. The molecule has 4 aliphatic rings. The van der Waals surface area contributed by atoms with Crippen LogP contribution in [0.5, 0.6) is 0 Å². The van der Waals surface area contributed by atoms with Gasteiger partial charge >= 0.3 is 6.09 Å². The van der Waals surface area contributed by atoms with Crippen molar-refractivity contribution in [3.05, 3.63) is 117 Å². The first-order valence-electron chi connectivity index (χ1n) is 20.8. The Hall–Kier alpha value is -3.52. The number of nitrogens with zero attached hydrogens (tertiary/aromatic N) is 1. The molecule has 2 fully saturated rings. The van der Waals surface area contributed by atoms with Crippen molar-refractivity contribution < 1.29 is 28.9 Å². The fourth-order valence-corrected chi connectivity index (χ4v) is 10.2. The van der Waals surface area contributed by atoms with Gasteiger partial charge in [-0.25, -0.2) is 9.18 Å². The lowest BCUT2D eigenvalue weighted by Crippen LogP contribution is -2.54. The van der Waals surface area contributed by atoms with Crippen molar-refractivity contribution in [3.8, 4) is 0 Å². The molecule has 4 aliphatic carbocycles. The lowest BCUT2D eigenvalue weighted by molar-refractivity contribution is -0.0876. The van der Waals surface area contributed by atoms with E-state index in [9.17, 15) is 19.8 Å². The number of rotatable bonds is 9. The third-order valence-electron chi connectivity index (χ3n) is 13.5. The summed E-state index contributed by atoms with van der Waals surface area (Å²) in [7, 11) is 0. The highest BCUT2D eigenvalue weighted by atomic mass is 35.5. The molecular weight excluding hydrogens is 725 g/mol. The van der Waals surface area contributed by atoms with Crippen molar-refractivity contribution >= 4 is 23.5 Å². The minimum absolute atomic E-state index is 0.0729. The van der Waals surface area contributed by atoms with Gasteiger partial charge in [-0.2, -0.15) is 0 Å². The van der Waals surface area contributed by atoms with Gasteiger partial charge in [-0.05, 0) is 123 Å². The van der Waals surface area contributed by atoms with Gasteiger partial charge in [0.1, 0.15) is 11.9 Å². The number of fused-ring (bicyclic) bond motifs is 8. The molecule has 7 atom stereocenters. The van der Waals surface area contributed by atoms with Crippen LogP contribution in [0.25, 0.3) is 0 Å². The summed E-state index contributed by atoms with van der Waals surface area (Å²) in [6.45, 7) is 11.2. The van der Waals surface area contributed by atoms with Crippen molar-refractivity contribution in [1.82, 2.24) is 4.90 Å². The Morgan fingerprint density at radius 3 is 2.52 bits per heavy atom. The van der Waals surface area contributed by atoms with E-state index in [-0.39, 0.29) is 47.3 Å². The molecule has 0 aliphatic heterocycles. The van der Waals surface area contributed by atoms with E-state index < -0.39 is 29.0 Å². The Balaban J connectivity index is 1.39. The van der Waals surface area contributed by atoms with E-state index in [1.807, 2.05) is 48.5 Å². The molecular formula is C48H61ClFNO5. The molecule has 1 amide bonds. The predicted octanol–water partition coefficient (Wildman–Crippen LogP) is 11.0. The molecule has 56 heavy (non-hydrogen) atoms. The van der Waals surface area contributed by atoms with Crippen molar-refractivity contribution in [3.63, 3.8) is 0 Å². The topological polar surface area (TPSA) is 87.1 Å². The number of hydrogen-bond acceptors (Lipinski definition) is 5. The fraction of sp³-hybridized carbons (Fsp3) is 0.542. The number of hydrogen-bond donors (Lipinski definition) is 2. The molecule has 0 heterocycles. The summed E-state index contributed by atoms with van der Waals surface area (Å²) in [5.41, 5.74) is 2.28. The van der Waals surface area contributed by atoms with Crippen LogP contribution < -0.4 is 0 Å². The quantitative estimate of drug-likeness (QED) is 0.167. The van der Waals surface area contributed by atoms with E-state index in [1.165, 1.54) is 17.7 Å². The SMILES string of the molecule is CC1=CCCC2(C)C(CCC2(O)CN(Cc2ccccc2)C(=O)OC2CC(C)CCC2C(C)C)c2ccc(cc2C(=O)Cc2c(F)cccc2Cl)CC(O)CC1. The third-order valence-corrected chi connectivity index (χ3v) is 13.9. The Labute approximate surface area is 338 Å². The largest absolute Gasteiger partial charge is 0.446 e. The number of aliphatic hydroxyl groups excluding tert-OH is 1. The second kappa shape index (κ2) is 18.0. The zero-order chi connectivity index (χ0) is 40.2. The molecule has 8 heteroatoms. The maximum absolute atomic E-state index is 15.0. The number of carbonyl (C=O) groups excluding carboxylic acids is 2. The maximum Gasteiger partial charge on any atom is 0.410 e. The molecule has 0 spiro atoms. The van der Waals surface area contributed by atoms with Crippen LogP contribution in [0.15, 0.2) is 78.4 Å². The number of Topliss-reactive ketones (excluding diaryl/α,β-unsaturated/α-hetero) is 1. The number of ether oxygens (including phenoxy) is 1. The molecule has 2 saturated carbocycles. The molecule has 6 nitrogen and oxygen atoms in total. The number of benzene rings is 3. The van der Waals surface area contributed by atoms with Crippen LogP contribution in [0.2, 0.25) is 5.02 Å². The lowest BCUT2D eigenvalue weighted by Gasteiger charge is -2.46. The minimum Gasteiger partial charge on any atom is -0.446 e. The van der Waals surface area contributed by atoms with Gasteiger partial charge in [0.15, 0.2) is 5.78 Å². The van der Waals surface area contributed by atoms with Gasteiger partial charge in [-0.3, -0.25) is 4.79 Å². The average Bonchev–Trinajstić information content (AvgIpc) is 3.40. The third kappa shape index (κ3) is 9.43. The van der Waals surface area contributed by atoms with Crippen LogP contribution in [0.3, 0.4) is 0 Å². The number of halogens is 2. The van der Waals surface area contributed by atoms with E-state index in [0.29, 0.717) is 62.5 Å². The molecule has 2 N–H and O–H groups in total. The van der Waals surface area contributed by atoms with Crippen LogP contribution in [0, 0.1) is 29.0 Å². The minimum atomic E-state index is -1.33. The van der Waals surface area contributed by atoms with Gasteiger partial charge in [0, 0.05) is 34.5 Å². The summed E-state index contributed by atoms with van der Waals surface area (Å²) in [4.78, 5) is 30.6. The Morgan fingerprint density at radius 2 is 1.79 bits per heavy atom. The van der Waals surface area contributed by atoms with Crippen molar-refractivity contribution in [2.75, 3.05) is 6.54 Å². The molecule has 3 aromatic carbocycles. The Morgan fingerprint density at radius 1 is 1.02 bits per heavy atom. The molecule has 2 bridgehead atoms. The van der Waals surface area contributed by atoms with Gasteiger partial charge in [0.05, 0.1) is 18.2 Å². The van der Waals surface area contributed by atoms with Crippen molar-refractivity contribution in [2.24, 2.45) is 23.2 Å². The first-order valence-corrected chi connectivity index (χ1v) is 21.2. The lowest BCUT2D eigenvalue weighted by atomic mass is 9.64. The van der Waals surface area contributed by atoms with Gasteiger partial charge in [0.25, 0.3) is 0 Å². The highest BCUT2D eigenvalue weighted by molar-refractivity contribution is 6.31. The number of amides is 1. The zero-order valence-corrected chi connectivity index (χ0v) is 34.7. The highest BCUT2D eigenvalue weighted by Crippen LogP contribution is 2.59. The number of carbonyl (C=O) groups is 2. The first-order chi connectivity index (χ1) is 26.7. The van der Waals surface area contributed by atoms with Gasteiger partial charge in [-0.1, -0.05) is 106 Å². The molecule has 7 rings (SSSR count). The summed E-state index contributed by atoms with van der Waals surface area (Å²) < 4.78 is 21.5.